The number of nitrogens with zero attached hydrogens (tertiary/aromatic N) is 2. The minimum Gasteiger partial charge on any atom is -0.296 e. The van der Waals surface area contributed by atoms with Crippen molar-refractivity contribution in [1.82, 2.24) is 9.97 Å². The van der Waals surface area contributed by atoms with Gasteiger partial charge in [0.1, 0.15) is 12.0 Å². The quantitative estimate of drug-likeness (QED) is 0.615. The molecule has 0 radical (unpaired) electrons. The third-order valence-corrected chi connectivity index (χ3v) is 0.726. The Labute approximate surface area is 62.9 Å². The molecule has 1 heterocycles. The van der Waals surface area contributed by atoms with Crippen molar-refractivity contribution in [2.45, 2.75) is 0 Å². The first-order valence-electron chi connectivity index (χ1n) is 2.14. The van der Waals surface area contributed by atoms with E-state index in [0.717, 1.165) is 0 Å². The van der Waals surface area contributed by atoms with Crippen molar-refractivity contribution >= 4 is 23.3 Å². The SMILES string of the molecule is Br.O=Cc1ccncn1. The summed E-state index contributed by atoms with van der Waals surface area (Å²) in [5, 5.41) is 0. The van der Waals surface area contributed by atoms with Crippen molar-refractivity contribution in [2.75, 3.05) is 0 Å². The second-order valence-electron chi connectivity index (χ2n) is 1.25. The van der Waals surface area contributed by atoms with Crippen molar-refractivity contribution in [3.63, 3.8) is 0 Å². The molecule has 0 spiro atoms. The first-order valence-corrected chi connectivity index (χ1v) is 2.14. The van der Waals surface area contributed by atoms with E-state index in [-0.39, 0.29) is 17.0 Å². The molecule has 0 unspecified atom stereocenters. The summed E-state index contributed by atoms with van der Waals surface area (Å²) in [6, 6.07) is 1.55. The molecule has 3 nitrogen and oxygen atoms in total. The van der Waals surface area contributed by atoms with Gasteiger partial charge in [0.25, 0.3) is 0 Å². The van der Waals surface area contributed by atoms with Gasteiger partial charge in [0.2, 0.25) is 0 Å². The van der Waals surface area contributed by atoms with Crippen LogP contribution in [0.3, 0.4) is 0 Å². The number of hydrogen-bond acceptors (Lipinski definition) is 3. The molecule has 0 N–H and O–H groups in total. The van der Waals surface area contributed by atoms with E-state index >= 15 is 0 Å². The first kappa shape index (κ1) is 8.23. The molecule has 0 amide bonds. The molecule has 0 aliphatic rings. The first-order chi connectivity index (χ1) is 3.93. The fourth-order valence-corrected chi connectivity index (χ4v) is 0.371. The van der Waals surface area contributed by atoms with E-state index in [1.54, 1.807) is 6.07 Å². The van der Waals surface area contributed by atoms with Crippen LogP contribution in [0.4, 0.5) is 0 Å². The highest BCUT2D eigenvalue weighted by Gasteiger charge is 1.82. The predicted octanol–water partition coefficient (Wildman–Crippen LogP) is 0.867. The van der Waals surface area contributed by atoms with E-state index in [1.807, 2.05) is 0 Å². The Kier molecular flexibility index (Phi) is 3.79. The lowest BCUT2D eigenvalue weighted by Gasteiger charge is -1.80. The van der Waals surface area contributed by atoms with Crippen LogP contribution in [-0.2, 0) is 0 Å². The highest BCUT2D eigenvalue weighted by atomic mass is 79.9. The largest absolute Gasteiger partial charge is 0.296 e. The number of hydrogen-bond donors (Lipinski definition) is 0. The van der Waals surface area contributed by atoms with Crippen LogP contribution < -0.4 is 0 Å². The molecule has 4 heteroatoms. The Bertz CT molecular complexity index is 178. The maximum atomic E-state index is 9.92. The number of halogens is 1. The summed E-state index contributed by atoms with van der Waals surface area (Å²) in [6.07, 6.45) is 3.54. The summed E-state index contributed by atoms with van der Waals surface area (Å²) in [5.41, 5.74) is 0.417. The Morgan fingerprint density at radius 3 is 2.67 bits per heavy atom. The Balaban J connectivity index is 0.000000640. The fourth-order valence-electron chi connectivity index (χ4n) is 0.371. The van der Waals surface area contributed by atoms with Gasteiger partial charge < -0.3 is 0 Å². The summed E-state index contributed by atoms with van der Waals surface area (Å²) >= 11 is 0. The topological polar surface area (TPSA) is 42.9 Å². The van der Waals surface area contributed by atoms with Crippen LogP contribution in [0, 0.1) is 0 Å². The molecule has 0 atom stereocenters. The summed E-state index contributed by atoms with van der Waals surface area (Å²) < 4.78 is 0. The number of carbonyl (C=O) groups excluding carboxylic acids is 1. The van der Waals surface area contributed by atoms with Gasteiger partial charge >= 0.3 is 0 Å². The smallest absolute Gasteiger partial charge is 0.168 e. The van der Waals surface area contributed by atoms with Crippen LogP contribution in [0.5, 0.6) is 0 Å². The van der Waals surface area contributed by atoms with Crippen LogP contribution in [0.2, 0.25) is 0 Å². The maximum Gasteiger partial charge on any atom is 0.168 e. The Morgan fingerprint density at radius 1 is 1.56 bits per heavy atom. The van der Waals surface area contributed by atoms with E-state index in [2.05, 4.69) is 9.97 Å². The molecule has 0 saturated carbocycles. The molecular formula is C5H5BrN2O. The predicted molar refractivity (Wildman–Crippen MR) is 37.7 cm³/mol. The number of carbonyl (C=O) groups is 1. The average Bonchev–Trinajstić information content (AvgIpc) is 1.90. The van der Waals surface area contributed by atoms with Gasteiger partial charge in [-0.1, -0.05) is 0 Å². The van der Waals surface area contributed by atoms with Crippen LogP contribution in [0.1, 0.15) is 10.5 Å². The van der Waals surface area contributed by atoms with E-state index in [9.17, 15) is 4.79 Å². The normalized spacial score (nSPS) is 7.56. The van der Waals surface area contributed by atoms with Crippen molar-refractivity contribution in [3.8, 4) is 0 Å². The van der Waals surface area contributed by atoms with Crippen LogP contribution in [0.15, 0.2) is 18.6 Å². The third kappa shape index (κ3) is 2.32. The molecule has 0 saturated heterocycles. The Morgan fingerprint density at radius 2 is 2.33 bits per heavy atom. The zero-order valence-electron chi connectivity index (χ0n) is 4.52. The van der Waals surface area contributed by atoms with E-state index < -0.39 is 0 Å². The van der Waals surface area contributed by atoms with Crippen molar-refractivity contribution in [2.24, 2.45) is 0 Å². The monoisotopic (exact) mass is 188 g/mol. The van der Waals surface area contributed by atoms with E-state index in [1.165, 1.54) is 12.5 Å². The zero-order valence-corrected chi connectivity index (χ0v) is 6.23. The van der Waals surface area contributed by atoms with Crippen LogP contribution in [-0.4, -0.2) is 16.3 Å². The summed E-state index contributed by atoms with van der Waals surface area (Å²) in [6.45, 7) is 0. The molecule has 1 aromatic rings. The second kappa shape index (κ2) is 4.14. The average molecular weight is 189 g/mol. The molecule has 1 aromatic heterocycles. The highest BCUT2D eigenvalue weighted by Crippen LogP contribution is 1.81. The Hall–Kier alpha value is -0.770. The number of rotatable bonds is 1. The lowest BCUT2D eigenvalue weighted by atomic mass is 10.5. The summed E-state index contributed by atoms with van der Waals surface area (Å²) in [5.74, 6) is 0. The molecule has 9 heavy (non-hydrogen) atoms. The van der Waals surface area contributed by atoms with Crippen molar-refractivity contribution in [3.05, 3.63) is 24.3 Å². The van der Waals surface area contributed by atoms with Crippen LogP contribution in [0.25, 0.3) is 0 Å². The van der Waals surface area contributed by atoms with Gasteiger partial charge in [0, 0.05) is 6.20 Å². The van der Waals surface area contributed by atoms with Gasteiger partial charge in [-0.3, -0.25) is 4.79 Å². The van der Waals surface area contributed by atoms with Gasteiger partial charge in [-0.05, 0) is 6.07 Å². The lowest BCUT2D eigenvalue weighted by molar-refractivity contribution is 0.111. The standard InChI is InChI=1S/C5H4N2O.BrH/c8-3-5-1-2-6-4-7-5;/h1-4H;1H. The molecule has 0 aromatic carbocycles. The lowest BCUT2D eigenvalue weighted by Crippen LogP contribution is -1.83. The molecule has 0 bridgehead atoms. The number of aromatic nitrogens is 2. The van der Waals surface area contributed by atoms with E-state index in [0.29, 0.717) is 12.0 Å². The minimum absolute atomic E-state index is 0. The highest BCUT2D eigenvalue weighted by molar-refractivity contribution is 8.93. The molecule has 48 valence electrons. The molecule has 1 rings (SSSR count). The van der Waals surface area contributed by atoms with Crippen molar-refractivity contribution in [1.29, 1.82) is 0 Å². The molecular weight excluding hydrogens is 184 g/mol. The number of aldehydes is 1. The van der Waals surface area contributed by atoms with Gasteiger partial charge in [-0.2, -0.15) is 0 Å². The van der Waals surface area contributed by atoms with Gasteiger partial charge in [0.15, 0.2) is 6.29 Å². The van der Waals surface area contributed by atoms with Crippen molar-refractivity contribution < 1.29 is 4.79 Å². The minimum atomic E-state index is 0. The van der Waals surface area contributed by atoms with Crippen LogP contribution >= 0.6 is 17.0 Å². The van der Waals surface area contributed by atoms with Gasteiger partial charge in [-0.25, -0.2) is 9.97 Å². The summed E-state index contributed by atoms with van der Waals surface area (Å²) in [7, 11) is 0. The summed E-state index contributed by atoms with van der Waals surface area (Å²) in [4.78, 5) is 17.2. The molecule has 0 aliphatic heterocycles. The zero-order chi connectivity index (χ0) is 5.82. The van der Waals surface area contributed by atoms with E-state index in [4.69, 9.17) is 0 Å². The second-order valence-corrected chi connectivity index (χ2v) is 1.25. The molecule has 0 fully saturated rings. The third-order valence-electron chi connectivity index (χ3n) is 0.726. The van der Waals surface area contributed by atoms with Gasteiger partial charge in [-0.15, -0.1) is 17.0 Å². The van der Waals surface area contributed by atoms with Gasteiger partial charge in [0.05, 0.1) is 0 Å². The maximum absolute atomic E-state index is 9.92. The molecule has 0 aliphatic carbocycles. The fraction of sp³-hybridized carbons (Fsp3) is 0.